The van der Waals surface area contributed by atoms with Crippen LogP contribution in [-0.4, -0.2) is 76.6 Å². The third-order valence-electron chi connectivity index (χ3n) is 5.35. The zero-order valence-corrected chi connectivity index (χ0v) is 19.9. The number of hydrogen-bond donors (Lipinski definition) is 1. The molecule has 4 rings (SSSR count). The molecule has 184 valence electrons. The Kier molecular flexibility index (Phi) is 5.96. The van der Waals surface area contributed by atoms with Crippen molar-refractivity contribution in [3.05, 3.63) is 30.6 Å². The topological polar surface area (TPSA) is 104 Å². The lowest BCUT2D eigenvalue weighted by molar-refractivity contribution is -0.153. The number of sulfonamides is 1. The molecule has 0 aromatic carbocycles. The summed E-state index contributed by atoms with van der Waals surface area (Å²) in [6.45, 7) is 4.44. The molecular weight excluding hydrogens is 473 g/mol. The minimum Gasteiger partial charge on any atom is -0.472 e. The molecule has 1 aliphatic rings. The summed E-state index contributed by atoms with van der Waals surface area (Å²) >= 11 is 0. The van der Waals surface area contributed by atoms with E-state index in [0.717, 1.165) is 15.5 Å². The van der Waals surface area contributed by atoms with Crippen molar-refractivity contribution in [3.8, 4) is 17.0 Å². The molecule has 1 saturated heterocycles. The first-order chi connectivity index (χ1) is 15.7. The minimum absolute atomic E-state index is 0.0423. The van der Waals surface area contributed by atoms with E-state index in [1.807, 2.05) is 20.8 Å². The molecule has 1 unspecified atom stereocenters. The Balaban J connectivity index is 1.84. The van der Waals surface area contributed by atoms with Gasteiger partial charge < -0.3 is 9.64 Å². The van der Waals surface area contributed by atoms with Crippen molar-refractivity contribution >= 4 is 26.9 Å². The van der Waals surface area contributed by atoms with Gasteiger partial charge in [-0.1, -0.05) is 0 Å². The Morgan fingerprint density at radius 2 is 1.91 bits per heavy atom. The zero-order valence-electron chi connectivity index (χ0n) is 19.1. The first kappa shape index (κ1) is 24.2. The highest BCUT2D eigenvalue weighted by Gasteiger charge is 2.48. The summed E-state index contributed by atoms with van der Waals surface area (Å²) in [5.41, 5.74) is 1.15. The maximum absolute atomic E-state index is 14.1. The van der Waals surface area contributed by atoms with Crippen molar-refractivity contribution in [2.45, 2.75) is 38.6 Å². The molecule has 1 N–H and O–H groups in total. The van der Waals surface area contributed by atoms with E-state index in [-0.39, 0.29) is 24.8 Å². The Labute approximate surface area is 195 Å². The Morgan fingerprint density at radius 3 is 2.56 bits per heavy atom. The minimum atomic E-state index is -4.68. The fraction of sp³-hybridized carbons (Fsp3) is 0.476. The number of halogens is 3. The normalized spacial score (nSPS) is 18.4. The van der Waals surface area contributed by atoms with E-state index < -0.39 is 34.4 Å². The summed E-state index contributed by atoms with van der Waals surface area (Å²) in [6.07, 6.45) is -0.612. The monoisotopic (exact) mass is 498 g/mol. The predicted octanol–water partition coefficient (Wildman–Crippen LogP) is 3.21. The Bertz CT molecular complexity index is 1300. The van der Waals surface area contributed by atoms with Crippen LogP contribution in [0.5, 0.6) is 5.88 Å². The lowest BCUT2D eigenvalue weighted by Crippen LogP contribution is -2.60. The van der Waals surface area contributed by atoms with Gasteiger partial charge in [-0.15, -0.1) is 0 Å². The SMILES string of the molecule is CC(C)(C)Oc1cc(-c2ccnc3[nH]ncc23)cc(N2CCN(S(C)(=O)=O)CC2C(F)(F)F)n1. The maximum Gasteiger partial charge on any atom is 0.410 e. The van der Waals surface area contributed by atoms with Gasteiger partial charge in [0.25, 0.3) is 0 Å². The number of ether oxygens (including phenoxy) is 1. The molecule has 1 aliphatic heterocycles. The molecule has 13 heteroatoms. The van der Waals surface area contributed by atoms with E-state index in [0.29, 0.717) is 22.2 Å². The molecule has 1 fully saturated rings. The fourth-order valence-corrected chi connectivity index (χ4v) is 4.70. The van der Waals surface area contributed by atoms with E-state index in [4.69, 9.17) is 4.74 Å². The molecule has 3 aromatic rings. The van der Waals surface area contributed by atoms with E-state index in [1.54, 1.807) is 30.6 Å². The number of hydrogen-bond acceptors (Lipinski definition) is 7. The van der Waals surface area contributed by atoms with Crippen LogP contribution in [0.3, 0.4) is 0 Å². The number of pyridine rings is 2. The number of anilines is 1. The van der Waals surface area contributed by atoms with Crippen LogP contribution in [0.15, 0.2) is 30.6 Å². The average molecular weight is 499 g/mol. The zero-order chi connectivity index (χ0) is 24.9. The second-order valence-electron chi connectivity index (χ2n) is 9.13. The van der Waals surface area contributed by atoms with Crippen LogP contribution in [0.25, 0.3) is 22.2 Å². The molecule has 9 nitrogen and oxygen atoms in total. The number of fused-ring (bicyclic) bond motifs is 1. The molecular formula is C21H25F3N6O3S. The molecule has 34 heavy (non-hydrogen) atoms. The summed E-state index contributed by atoms with van der Waals surface area (Å²) in [5, 5.41) is 7.47. The quantitative estimate of drug-likeness (QED) is 0.589. The van der Waals surface area contributed by atoms with Crippen molar-refractivity contribution < 1.29 is 26.3 Å². The van der Waals surface area contributed by atoms with Gasteiger partial charge >= 0.3 is 6.18 Å². The van der Waals surface area contributed by atoms with Crippen molar-refractivity contribution in [1.29, 1.82) is 0 Å². The van der Waals surface area contributed by atoms with Crippen molar-refractivity contribution in [1.82, 2.24) is 24.5 Å². The first-order valence-electron chi connectivity index (χ1n) is 10.5. The summed E-state index contributed by atoms with van der Waals surface area (Å²) in [4.78, 5) is 9.69. The van der Waals surface area contributed by atoms with Gasteiger partial charge in [-0.3, -0.25) is 5.10 Å². The van der Waals surface area contributed by atoms with E-state index in [9.17, 15) is 21.6 Å². The van der Waals surface area contributed by atoms with Gasteiger partial charge in [0.2, 0.25) is 15.9 Å². The molecule has 3 aromatic heterocycles. The number of aromatic nitrogens is 4. The van der Waals surface area contributed by atoms with Crippen molar-refractivity contribution in [3.63, 3.8) is 0 Å². The van der Waals surface area contributed by atoms with Crippen LogP contribution in [-0.2, 0) is 10.0 Å². The molecule has 0 radical (unpaired) electrons. The van der Waals surface area contributed by atoms with Crippen LogP contribution in [0.2, 0.25) is 0 Å². The maximum atomic E-state index is 14.1. The molecule has 0 aliphatic carbocycles. The van der Waals surface area contributed by atoms with Crippen LogP contribution >= 0.6 is 0 Å². The molecule has 4 heterocycles. The summed E-state index contributed by atoms with van der Waals surface area (Å²) in [6, 6.07) is 2.88. The molecule has 1 atom stereocenters. The summed E-state index contributed by atoms with van der Waals surface area (Å²) in [5.74, 6) is 0.195. The van der Waals surface area contributed by atoms with Crippen molar-refractivity contribution in [2.24, 2.45) is 0 Å². The number of aromatic amines is 1. The smallest absolute Gasteiger partial charge is 0.410 e. The Morgan fingerprint density at radius 1 is 1.18 bits per heavy atom. The van der Waals surface area contributed by atoms with E-state index in [2.05, 4.69) is 20.2 Å². The van der Waals surface area contributed by atoms with Crippen molar-refractivity contribution in [2.75, 3.05) is 30.8 Å². The highest BCUT2D eigenvalue weighted by Crippen LogP contribution is 2.36. The van der Waals surface area contributed by atoms with E-state index >= 15 is 0 Å². The van der Waals surface area contributed by atoms with Crippen LogP contribution < -0.4 is 9.64 Å². The number of H-pyrrole nitrogens is 1. The molecule has 0 saturated carbocycles. The molecule has 0 amide bonds. The lowest BCUT2D eigenvalue weighted by atomic mass is 10.0. The standard InChI is InChI=1S/C21H25F3N6O3S/c1-20(2,3)33-18-10-13(14-5-6-25-19-15(14)11-26-28-19)9-17(27-18)30-8-7-29(34(4,31)32)12-16(30)21(22,23)24/h5-6,9-11,16H,7-8,12H2,1-4H3,(H,25,26,28). The number of nitrogens with zero attached hydrogens (tertiary/aromatic N) is 5. The van der Waals surface area contributed by atoms with Gasteiger partial charge in [0, 0.05) is 37.3 Å². The second-order valence-corrected chi connectivity index (χ2v) is 11.1. The Hall–Kier alpha value is -2.93. The average Bonchev–Trinajstić information content (AvgIpc) is 3.19. The van der Waals surface area contributed by atoms with Crippen LogP contribution in [0.1, 0.15) is 20.8 Å². The fourth-order valence-electron chi connectivity index (χ4n) is 3.88. The number of rotatable bonds is 4. The van der Waals surface area contributed by atoms with E-state index in [1.165, 1.54) is 0 Å². The van der Waals surface area contributed by atoms with Gasteiger partial charge in [0.05, 0.1) is 12.5 Å². The largest absolute Gasteiger partial charge is 0.472 e. The summed E-state index contributed by atoms with van der Waals surface area (Å²) in [7, 11) is -3.78. The highest BCUT2D eigenvalue weighted by atomic mass is 32.2. The number of alkyl halides is 3. The van der Waals surface area contributed by atoms with Gasteiger partial charge in [0.1, 0.15) is 17.5 Å². The number of piperazine rings is 1. The summed E-state index contributed by atoms with van der Waals surface area (Å²) < 4.78 is 72.8. The first-order valence-corrected chi connectivity index (χ1v) is 12.4. The van der Waals surface area contributed by atoms with Gasteiger partial charge in [-0.05, 0) is 44.0 Å². The van der Waals surface area contributed by atoms with Crippen LogP contribution in [0.4, 0.5) is 19.0 Å². The predicted molar refractivity (Wildman–Crippen MR) is 121 cm³/mol. The number of nitrogens with one attached hydrogen (secondary N) is 1. The molecule has 0 spiro atoms. The van der Waals surface area contributed by atoms with Gasteiger partial charge in [-0.2, -0.15) is 27.6 Å². The second kappa shape index (κ2) is 8.38. The third kappa shape index (κ3) is 5.09. The van der Waals surface area contributed by atoms with Crippen LogP contribution in [0, 0.1) is 0 Å². The van der Waals surface area contributed by atoms with Gasteiger partial charge in [-0.25, -0.2) is 13.4 Å². The third-order valence-corrected chi connectivity index (χ3v) is 6.62. The molecule has 0 bridgehead atoms. The lowest BCUT2D eigenvalue weighted by Gasteiger charge is -2.41. The highest BCUT2D eigenvalue weighted by molar-refractivity contribution is 7.88. The van der Waals surface area contributed by atoms with Gasteiger partial charge in [0.15, 0.2) is 5.65 Å².